The second-order valence-corrected chi connectivity index (χ2v) is 15.9. The maximum atomic E-state index is 14.2. The molecule has 6 amide bonds. The highest BCUT2D eigenvalue weighted by atomic mass is 16.3. The Labute approximate surface area is 302 Å². The summed E-state index contributed by atoms with van der Waals surface area (Å²) < 4.78 is 0. The van der Waals surface area contributed by atoms with Gasteiger partial charge in [-0.25, -0.2) is 0 Å². The first-order valence-electron chi connectivity index (χ1n) is 18.5. The number of hydrogen-bond donors (Lipinski definition) is 6. The third kappa shape index (κ3) is 12.5. The number of carbonyl (C=O) groups excluding carboxylic acids is 6. The maximum Gasteiger partial charge on any atom is 0.245 e. The van der Waals surface area contributed by atoms with E-state index in [4.69, 9.17) is 0 Å². The molecule has 13 nitrogen and oxygen atoms in total. The Morgan fingerprint density at radius 1 is 0.569 bits per heavy atom. The molecule has 0 bridgehead atoms. The van der Waals surface area contributed by atoms with Gasteiger partial charge in [0, 0.05) is 13.0 Å². The van der Waals surface area contributed by atoms with E-state index in [9.17, 15) is 33.9 Å². The van der Waals surface area contributed by atoms with Crippen LogP contribution in [-0.4, -0.2) is 88.2 Å². The zero-order valence-electron chi connectivity index (χ0n) is 31.6. The molecule has 0 spiro atoms. The van der Waals surface area contributed by atoms with Crippen LogP contribution in [0.5, 0.6) is 5.75 Å². The van der Waals surface area contributed by atoms with Gasteiger partial charge in [0.15, 0.2) is 0 Å². The molecule has 2 aliphatic heterocycles. The first-order chi connectivity index (χ1) is 23.9. The first kappa shape index (κ1) is 41.3. The van der Waals surface area contributed by atoms with E-state index >= 15 is 0 Å². The lowest BCUT2D eigenvalue weighted by atomic mass is 9.97. The molecule has 0 saturated carbocycles. The van der Waals surface area contributed by atoms with Crippen molar-refractivity contribution >= 4 is 35.4 Å². The lowest BCUT2D eigenvalue weighted by Crippen LogP contribution is -2.61. The Bertz CT molecular complexity index is 1380. The summed E-state index contributed by atoms with van der Waals surface area (Å²) in [7, 11) is 0. The van der Waals surface area contributed by atoms with Crippen molar-refractivity contribution in [3.8, 4) is 5.75 Å². The summed E-state index contributed by atoms with van der Waals surface area (Å²) in [6.45, 7) is 15.7. The normalized spacial score (nSPS) is 26.0. The number of benzene rings is 1. The predicted molar refractivity (Wildman–Crippen MR) is 194 cm³/mol. The summed E-state index contributed by atoms with van der Waals surface area (Å²) in [5, 5.41) is 24.1. The number of phenols is 1. The number of amides is 6. The van der Waals surface area contributed by atoms with Gasteiger partial charge in [0.2, 0.25) is 35.4 Å². The van der Waals surface area contributed by atoms with Crippen LogP contribution in [-0.2, 0) is 35.2 Å². The van der Waals surface area contributed by atoms with Gasteiger partial charge in [-0.05, 0) is 79.9 Å². The molecular formula is C38H60N6O7. The van der Waals surface area contributed by atoms with Crippen LogP contribution in [0.1, 0.15) is 99.5 Å². The molecule has 2 aliphatic rings. The Kier molecular flexibility index (Phi) is 15.3. The van der Waals surface area contributed by atoms with Gasteiger partial charge < -0.3 is 36.6 Å². The van der Waals surface area contributed by atoms with Crippen LogP contribution in [0.4, 0.5) is 0 Å². The number of rotatable bonds is 10. The zero-order valence-corrected chi connectivity index (χ0v) is 31.6. The molecule has 2 fully saturated rings. The van der Waals surface area contributed by atoms with Gasteiger partial charge in [0.25, 0.3) is 0 Å². The molecule has 6 atom stereocenters. The van der Waals surface area contributed by atoms with Crippen molar-refractivity contribution in [2.24, 2.45) is 23.7 Å². The van der Waals surface area contributed by atoms with E-state index in [-0.39, 0.29) is 48.7 Å². The second-order valence-electron chi connectivity index (χ2n) is 15.9. The van der Waals surface area contributed by atoms with E-state index in [2.05, 4.69) is 26.6 Å². The molecule has 2 heterocycles. The minimum absolute atomic E-state index is 0.000719. The largest absolute Gasteiger partial charge is 0.508 e. The van der Waals surface area contributed by atoms with Crippen LogP contribution in [0.3, 0.4) is 0 Å². The van der Waals surface area contributed by atoms with Gasteiger partial charge in [-0.3, -0.25) is 28.8 Å². The molecule has 0 aromatic heterocycles. The Morgan fingerprint density at radius 2 is 0.941 bits per heavy atom. The van der Waals surface area contributed by atoms with Crippen molar-refractivity contribution in [1.82, 2.24) is 31.5 Å². The van der Waals surface area contributed by atoms with Crippen LogP contribution < -0.4 is 26.6 Å². The topological polar surface area (TPSA) is 186 Å². The Balaban J connectivity index is 2.11. The molecule has 0 aliphatic carbocycles. The molecule has 1 aromatic carbocycles. The van der Waals surface area contributed by atoms with Crippen LogP contribution >= 0.6 is 0 Å². The van der Waals surface area contributed by atoms with Crippen molar-refractivity contribution in [2.75, 3.05) is 6.54 Å². The fraction of sp³-hybridized carbons (Fsp3) is 0.684. The summed E-state index contributed by atoms with van der Waals surface area (Å²) in [5.74, 6) is -3.03. The first-order valence-corrected chi connectivity index (χ1v) is 18.5. The number of carbonyl (C=O) groups is 6. The van der Waals surface area contributed by atoms with E-state index < -0.39 is 71.7 Å². The number of nitrogens with one attached hydrogen (secondary N) is 5. The standard InChI is InChI=1S/C38H60N6O7/c1-21(2)16-27-33(46)40-29(18-23(5)6)35(48)43-31(19-24(7)8)38(51)44-15-9-10-32(44)37(50)42-30(20-25-11-13-26(45)14-12-25)36(49)41-28(17-22(3)4)34(47)39-27/h11-14,21-24,27-32,45H,9-10,15-20H2,1-8H3,(H,39,47)(H,40,46)(H,41,49)(H,42,50)(H,43,48)/t27-,28-,29+,30+,31-,32+/m1/s1. The third-order valence-electron chi connectivity index (χ3n) is 9.19. The number of fused-ring (bicyclic) bond motifs is 1. The summed E-state index contributed by atoms with van der Waals surface area (Å²) in [4.78, 5) is 85.3. The van der Waals surface area contributed by atoms with Crippen molar-refractivity contribution in [1.29, 1.82) is 0 Å². The van der Waals surface area contributed by atoms with Crippen LogP contribution in [0, 0.1) is 23.7 Å². The van der Waals surface area contributed by atoms with Crippen molar-refractivity contribution < 1.29 is 33.9 Å². The average molecular weight is 713 g/mol. The van der Waals surface area contributed by atoms with Crippen molar-refractivity contribution in [3.05, 3.63) is 29.8 Å². The zero-order chi connectivity index (χ0) is 38.0. The highest BCUT2D eigenvalue weighted by Crippen LogP contribution is 2.22. The molecule has 3 rings (SSSR count). The summed E-state index contributed by atoms with van der Waals surface area (Å²) >= 11 is 0. The van der Waals surface area contributed by atoms with Gasteiger partial charge in [-0.2, -0.15) is 0 Å². The molecule has 2 saturated heterocycles. The van der Waals surface area contributed by atoms with E-state index in [0.29, 0.717) is 37.8 Å². The highest BCUT2D eigenvalue weighted by molar-refractivity contribution is 5.98. The van der Waals surface area contributed by atoms with Gasteiger partial charge in [-0.15, -0.1) is 0 Å². The molecule has 13 heteroatoms. The fourth-order valence-corrected chi connectivity index (χ4v) is 6.74. The number of hydrogen-bond acceptors (Lipinski definition) is 7. The maximum absolute atomic E-state index is 14.2. The van der Waals surface area contributed by atoms with E-state index in [1.807, 2.05) is 55.4 Å². The van der Waals surface area contributed by atoms with Gasteiger partial charge >= 0.3 is 0 Å². The lowest BCUT2D eigenvalue weighted by Gasteiger charge is -2.32. The predicted octanol–water partition coefficient (Wildman–Crippen LogP) is 2.55. The molecule has 0 unspecified atom stereocenters. The molecular weight excluding hydrogens is 652 g/mol. The smallest absolute Gasteiger partial charge is 0.245 e. The van der Waals surface area contributed by atoms with Crippen molar-refractivity contribution in [2.45, 2.75) is 137 Å². The van der Waals surface area contributed by atoms with E-state index in [1.54, 1.807) is 12.1 Å². The van der Waals surface area contributed by atoms with E-state index in [0.717, 1.165) is 0 Å². The average Bonchev–Trinajstić information content (AvgIpc) is 3.52. The van der Waals surface area contributed by atoms with Crippen LogP contribution in [0.15, 0.2) is 24.3 Å². The highest BCUT2D eigenvalue weighted by Gasteiger charge is 2.41. The molecule has 0 radical (unpaired) electrons. The quantitative estimate of drug-likeness (QED) is 0.215. The van der Waals surface area contributed by atoms with Crippen LogP contribution in [0.2, 0.25) is 0 Å². The summed E-state index contributed by atoms with van der Waals surface area (Å²) in [6, 6.07) is 0.287. The monoisotopic (exact) mass is 712 g/mol. The van der Waals surface area contributed by atoms with Gasteiger partial charge in [0.1, 0.15) is 42.0 Å². The Morgan fingerprint density at radius 3 is 1.37 bits per heavy atom. The SMILES string of the molecule is CC(C)C[C@@H]1NC(=O)[C@@H](CC(C)C)NC(=O)[C@@H](CC(C)C)NC(=O)[C@H](Cc2ccc(O)cc2)NC(=O)[C@@H]2CCCN2C(=O)[C@@H](CC(C)C)NC1=O. The van der Waals surface area contributed by atoms with Gasteiger partial charge in [-0.1, -0.05) is 67.5 Å². The summed E-state index contributed by atoms with van der Waals surface area (Å²) in [5.41, 5.74) is 0.656. The minimum atomic E-state index is -1.13. The Hall–Kier alpha value is -4.16. The van der Waals surface area contributed by atoms with Gasteiger partial charge in [0.05, 0.1) is 0 Å². The molecule has 284 valence electrons. The minimum Gasteiger partial charge on any atom is -0.508 e. The fourth-order valence-electron chi connectivity index (χ4n) is 6.74. The third-order valence-corrected chi connectivity index (χ3v) is 9.19. The molecule has 1 aromatic rings. The molecule has 51 heavy (non-hydrogen) atoms. The van der Waals surface area contributed by atoms with Crippen LogP contribution in [0.25, 0.3) is 0 Å². The lowest BCUT2D eigenvalue weighted by molar-refractivity contribution is -0.143. The second kappa shape index (κ2) is 18.9. The number of phenolic OH excluding ortho intramolecular Hbond substituents is 1. The summed E-state index contributed by atoms with van der Waals surface area (Å²) in [6.07, 6.45) is 2.12. The van der Waals surface area contributed by atoms with E-state index in [1.165, 1.54) is 17.0 Å². The number of aromatic hydroxyl groups is 1. The van der Waals surface area contributed by atoms with Crippen molar-refractivity contribution in [3.63, 3.8) is 0 Å². The molecule has 6 N–H and O–H groups in total. The number of nitrogens with zero attached hydrogens (tertiary/aromatic N) is 1.